The van der Waals surface area contributed by atoms with Crippen LogP contribution in [0.25, 0.3) is 5.69 Å². The van der Waals surface area contributed by atoms with Crippen molar-refractivity contribution in [3.05, 3.63) is 30.0 Å². The summed E-state index contributed by atoms with van der Waals surface area (Å²) in [7, 11) is 1.61. The van der Waals surface area contributed by atoms with Crippen molar-refractivity contribution in [2.75, 3.05) is 18.6 Å². The number of aromatic nitrogens is 2. The van der Waals surface area contributed by atoms with Crippen LogP contribution in [0.2, 0.25) is 0 Å². The van der Waals surface area contributed by atoms with Crippen molar-refractivity contribution in [3.8, 4) is 11.4 Å². The van der Waals surface area contributed by atoms with Gasteiger partial charge in [0.1, 0.15) is 11.4 Å². The normalized spacial score (nSPS) is 10.4. The number of aryl methyl sites for hydroxylation is 1. The molecule has 0 spiro atoms. The van der Waals surface area contributed by atoms with Crippen LogP contribution in [0, 0.1) is 6.92 Å². The molecular weight excluding hydrogens is 204 g/mol. The Labute approximate surface area is 93.6 Å². The van der Waals surface area contributed by atoms with Crippen LogP contribution in [0.5, 0.6) is 5.75 Å². The van der Waals surface area contributed by atoms with Crippen LogP contribution < -0.4 is 16.2 Å². The molecule has 1 aromatic carbocycles. The molecule has 2 rings (SSSR count). The summed E-state index contributed by atoms with van der Waals surface area (Å²) < 4.78 is 6.83. The highest BCUT2D eigenvalue weighted by molar-refractivity contribution is 5.66. The first kappa shape index (κ1) is 10.4. The van der Waals surface area contributed by atoms with Gasteiger partial charge in [-0.2, -0.15) is 5.10 Å². The Morgan fingerprint density at radius 1 is 1.25 bits per heavy atom. The third kappa shape index (κ3) is 1.46. The van der Waals surface area contributed by atoms with Crippen LogP contribution in [0.4, 0.5) is 11.5 Å². The maximum Gasteiger partial charge on any atom is 0.150 e. The monoisotopic (exact) mass is 218 g/mol. The molecule has 1 aromatic heterocycles. The summed E-state index contributed by atoms with van der Waals surface area (Å²) in [4.78, 5) is 0. The second kappa shape index (κ2) is 3.77. The summed E-state index contributed by atoms with van der Waals surface area (Å²) >= 11 is 0. The van der Waals surface area contributed by atoms with Crippen molar-refractivity contribution < 1.29 is 4.74 Å². The largest absolute Gasteiger partial charge is 0.494 e. The predicted molar refractivity (Wildman–Crippen MR) is 63.7 cm³/mol. The van der Waals surface area contributed by atoms with Gasteiger partial charge in [-0.15, -0.1) is 0 Å². The van der Waals surface area contributed by atoms with E-state index < -0.39 is 0 Å². The van der Waals surface area contributed by atoms with Gasteiger partial charge < -0.3 is 16.2 Å². The third-order valence-corrected chi connectivity index (χ3v) is 2.46. The molecule has 0 atom stereocenters. The van der Waals surface area contributed by atoms with E-state index in [4.69, 9.17) is 16.2 Å². The molecule has 84 valence electrons. The Morgan fingerprint density at radius 2 is 1.94 bits per heavy atom. The van der Waals surface area contributed by atoms with Crippen LogP contribution in [0.1, 0.15) is 5.69 Å². The lowest BCUT2D eigenvalue weighted by Crippen LogP contribution is -2.04. The van der Waals surface area contributed by atoms with Crippen molar-refractivity contribution in [3.63, 3.8) is 0 Å². The minimum absolute atomic E-state index is 0.432. The highest BCUT2D eigenvalue weighted by Gasteiger charge is 2.13. The fourth-order valence-electron chi connectivity index (χ4n) is 1.55. The SMILES string of the molecule is COc1ccccc1-n1nc(C)c(N)c1N. The van der Waals surface area contributed by atoms with Gasteiger partial charge >= 0.3 is 0 Å². The molecule has 4 N–H and O–H groups in total. The molecule has 0 amide bonds. The third-order valence-electron chi connectivity index (χ3n) is 2.46. The van der Waals surface area contributed by atoms with Crippen LogP contribution >= 0.6 is 0 Å². The number of rotatable bonds is 2. The molecule has 0 fully saturated rings. The van der Waals surface area contributed by atoms with Gasteiger partial charge in [0, 0.05) is 0 Å². The van der Waals surface area contributed by atoms with Crippen molar-refractivity contribution in [2.24, 2.45) is 0 Å². The van der Waals surface area contributed by atoms with E-state index in [0.29, 0.717) is 22.9 Å². The highest BCUT2D eigenvalue weighted by Crippen LogP contribution is 2.28. The lowest BCUT2D eigenvalue weighted by atomic mass is 10.3. The van der Waals surface area contributed by atoms with Gasteiger partial charge in [0.05, 0.1) is 18.5 Å². The van der Waals surface area contributed by atoms with Gasteiger partial charge in [0.15, 0.2) is 5.82 Å². The number of hydrogen-bond acceptors (Lipinski definition) is 4. The molecule has 0 aliphatic rings. The number of para-hydroxylation sites is 2. The molecule has 5 nitrogen and oxygen atoms in total. The number of nitrogens with zero attached hydrogens (tertiary/aromatic N) is 2. The number of hydrogen-bond donors (Lipinski definition) is 2. The van der Waals surface area contributed by atoms with E-state index in [-0.39, 0.29) is 0 Å². The summed E-state index contributed by atoms with van der Waals surface area (Å²) in [6.45, 7) is 1.82. The van der Waals surface area contributed by atoms with Crippen molar-refractivity contribution in [1.29, 1.82) is 0 Å². The molecule has 5 heteroatoms. The van der Waals surface area contributed by atoms with Gasteiger partial charge in [0.25, 0.3) is 0 Å². The average molecular weight is 218 g/mol. The van der Waals surface area contributed by atoms with E-state index in [1.54, 1.807) is 11.8 Å². The Bertz CT molecular complexity index is 519. The van der Waals surface area contributed by atoms with Gasteiger partial charge in [-0.3, -0.25) is 0 Å². The number of anilines is 2. The molecule has 2 aromatic rings. The lowest BCUT2D eigenvalue weighted by Gasteiger charge is -2.09. The minimum atomic E-state index is 0.432. The topological polar surface area (TPSA) is 79.1 Å². The number of nitrogens with two attached hydrogens (primary N) is 2. The maximum atomic E-state index is 5.88. The predicted octanol–water partition coefficient (Wildman–Crippen LogP) is 1.35. The smallest absolute Gasteiger partial charge is 0.150 e. The van der Waals surface area contributed by atoms with E-state index in [0.717, 1.165) is 5.69 Å². The molecule has 0 radical (unpaired) electrons. The van der Waals surface area contributed by atoms with Crippen LogP contribution in [-0.2, 0) is 0 Å². The van der Waals surface area contributed by atoms with Gasteiger partial charge in [-0.05, 0) is 19.1 Å². The van der Waals surface area contributed by atoms with Gasteiger partial charge in [-0.25, -0.2) is 4.68 Å². The fraction of sp³-hybridized carbons (Fsp3) is 0.182. The number of methoxy groups -OCH3 is 1. The molecule has 0 aliphatic heterocycles. The molecule has 1 heterocycles. The zero-order chi connectivity index (χ0) is 11.7. The molecule has 0 aliphatic carbocycles. The van der Waals surface area contributed by atoms with Crippen molar-refractivity contribution in [1.82, 2.24) is 9.78 Å². The summed E-state index contributed by atoms with van der Waals surface area (Å²) in [6, 6.07) is 7.51. The molecular formula is C11H14N4O. The van der Waals surface area contributed by atoms with E-state index in [1.807, 2.05) is 31.2 Å². The first-order valence-electron chi connectivity index (χ1n) is 4.89. The molecule has 0 saturated heterocycles. The second-order valence-corrected chi connectivity index (χ2v) is 3.47. The first-order chi connectivity index (χ1) is 7.65. The Kier molecular flexibility index (Phi) is 2.44. The highest BCUT2D eigenvalue weighted by atomic mass is 16.5. The lowest BCUT2D eigenvalue weighted by molar-refractivity contribution is 0.412. The minimum Gasteiger partial charge on any atom is -0.494 e. The number of nitrogen functional groups attached to an aromatic ring is 2. The molecule has 0 saturated carbocycles. The fourth-order valence-corrected chi connectivity index (χ4v) is 1.55. The Balaban J connectivity index is 2.63. The number of benzene rings is 1. The molecule has 0 bridgehead atoms. The second-order valence-electron chi connectivity index (χ2n) is 3.47. The standard InChI is InChI=1S/C11H14N4O/c1-7-10(12)11(13)15(14-7)8-5-3-4-6-9(8)16-2/h3-6H,12-13H2,1-2H3. The van der Waals surface area contributed by atoms with E-state index in [9.17, 15) is 0 Å². The van der Waals surface area contributed by atoms with Gasteiger partial charge in [0.2, 0.25) is 0 Å². The summed E-state index contributed by atoms with van der Waals surface area (Å²) in [6.07, 6.45) is 0. The van der Waals surface area contributed by atoms with Crippen LogP contribution in [-0.4, -0.2) is 16.9 Å². The zero-order valence-corrected chi connectivity index (χ0v) is 9.27. The zero-order valence-electron chi connectivity index (χ0n) is 9.27. The van der Waals surface area contributed by atoms with E-state index >= 15 is 0 Å². The van der Waals surface area contributed by atoms with E-state index in [2.05, 4.69) is 5.10 Å². The Hall–Kier alpha value is -2.17. The van der Waals surface area contributed by atoms with Crippen molar-refractivity contribution in [2.45, 2.75) is 6.92 Å². The first-order valence-corrected chi connectivity index (χ1v) is 4.89. The summed E-state index contributed by atoms with van der Waals surface area (Å²) in [5, 5.41) is 4.28. The molecule has 16 heavy (non-hydrogen) atoms. The summed E-state index contributed by atoms with van der Waals surface area (Å²) in [5.41, 5.74) is 13.7. The maximum absolute atomic E-state index is 5.88. The molecule has 0 unspecified atom stereocenters. The average Bonchev–Trinajstić information content (AvgIpc) is 2.57. The van der Waals surface area contributed by atoms with E-state index in [1.165, 1.54) is 0 Å². The van der Waals surface area contributed by atoms with Crippen molar-refractivity contribution >= 4 is 11.5 Å². The Morgan fingerprint density at radius 3 is 2.50 bits per heavy atom. The van der Waals surface area contributed by atoms with Crippen LogP contribution in [0.15, 0.2) is 24.3 Å². The number of ether oxygens (including phenoxy) is 1. The quantitative estimate of drug-likeness (QED) is 0.797. The van der Waals surface area contributed by atoms with Gasteiger partial charge in [-0.1, -0.05) is 12.1 Å². The van der Waals surface area contributed by atoms with Crippen LogP contribution in [0.3, 0.4) is 0 Å². The summed E-state index contributed by atoms with van der Waals surface area (Å²) in [5.74, 6) is 1.14.